The first-order valence-electron chi connectivity index (χ1n) is 10.8. The van der Waals surface area contributed by atoms with Gasteiger partial charge >= 0.3 is 0 Å². The van der Waals surface area contributed by atoms with Gasteiger partial charge in [-0.15, -0.1) is 0 Å². The molecule has 0 bridgehead atoms. The van der Waals surface area contributed by atoms with Crippen molar-refractivity contribution in [3.63, 3.8) is 0 Å². The van der Waals surface area contributed by atoms with E-state index in [-0.39, 0.29) is 6.10 Å². The molecule has 0 aromatic rings. The van der Waals surface area contributed by atoms with Gasteiger partial charge in [-0.1, -0.05) is 13.8 Å². The van der Waals surface area contributed by atoms with Crippen LogP contribution >= 0.6 is 0 Å². The van der Waals surface area contributed by atoms with Crippen molar-refractivity contribution in [2.75, 3.05) is 7.05 Å². The van der Waals surface area contributed by atoms with Crippen LogP contribution < -0.4 is 5.32 Å². The fraction of sp³-hybridized carbons (Fsp3) is 1.00. The zero-order valence-corrected chi connectivity index (χ0v) is 16.4. The summed E-state index contributed by atoms with van der Waals surface area (Å²) < 4.78 is 0. The van der Waals surface area contributed by atoms with Gasteiger partial charge < -0.3 is 10.4 Å². The lowest BCUT2D eigenvalue weighted by Crippen LogP contribution is -2.54. The second-order valence-corrected chi connectivity index (χ2v) is 10.4. The average Bonchev–Trinajstić information content (AvgIpc) is 2.92. The Labute approximate surface area is 149 Å². The molecule has 4 saturated carbocycles. The summed E-state index contributed by atoms with van der Waals surface area (Å²) in [5, 5.41) is 13.7. The van der Waals surface area contributed by atoms with E-state index in [1.165, 1.54) is 44.9 Å². The van der Waals surface area contributed by atoms with E-state index in [0.717, 1.165) is 42.4 Å². The minimum absolute atomic E-state index is 0.0131. The molecule has 0 heterocycles. The third-order valence-electron chi connectivity index (χ3n) is 9.77. The first kappa shape index (κ1) is 17.3. The highest BCUT2D eigenvalue weighted by molar-refractivity contribution is 5.10. The molecule has 4 rings (SSSR count). The Morgan fingerprint density at radius 3 is 2.38 bits per heavy atom. The summed E-state index contributed by atoms with van der Waals surface area (Å²) >= 11 is 0. The van der Waals surface area contributed by atoms with Crippen molar-refractivity contribution in [2.45, 2.75) is 90.7 Å². The second kappa shape index (κ2) is 5.98. The van der Waals surface area contributed by atoms with Crippen LogP contribution in [0.2, 0.25) is 0 Å². The number of rotatable bonds is 2. The predicted molar refractivity (Wildman–Crippen MR) is 99.7 cm³/mol. The second-order valence-electron chi connectivity index (χ2n) is 10.4. The van der Waals surface area contributed by atoms with Crippen LogP contribution in [0.5, 0.6) is 0 Å². The van der Waals surface area contributed by atoms with E-state index in [1.54, 1.807) is 0 Å². The Kier molecular flexibility index (Phi) is 4.32. The van der Waals surface area contributed by atoms with E-state index in [1.807, 2.05) is 0 Å². The topological polar surface area (TPSA) is 32.3 Å². The Morgan fingerprint density at radius 2 is 1.62 bits per heavy atom. The number of hydrogen-bond donors (Lipinski definition) is 2. The summed E-state index contributed by atoms with van der Waals surface area (Å²) in [5.41, 5.74) is 1.09. The van der Waals surface area contributed by atoms with Crippen molar-refractivity contribution in [3.8, 4) is 0 Å². The van der Waals surface area contributed by atoms with Crippen LogP contribution in [0.1, 0.15) is 78.6 Å². The highest BCUT2D eigenvalue weighted by Gasteiger charge is 2.60. The van der Waals surface area contributed by atoms with Crippen molar-refractivity contribution in [2.24, 2.45) is 40.4 Å². The highest BCUT2D eigenvalue weighted by atomic mass is 16.3. The molecular weight excluding hydrogens is 294 g/mol. The van der Waals surface area contributed by atoms with Crippen LogP contribution in [0.25, 0.3) is 0 Å². The number of nitrogens with one attached hydrogen (secondary N) is 1. The molecule has 2 heteroatoms. The van der Waals surface area contributed by atoms with Crippen molar-refractivity contribution in [3.05, 3.63) is 0 Å². The van der Waals surface area contributed by atoms with Gasteiger partial charge in [-0.25, -0.2) is 0 Å². The zero-order chi connectivity index (χ0) is 17.1. The molecule has 0 amide bonds. The van der Waals surface area contributed by atoms with Gasteiger partial charge in [-0.05, 0) is 112 Å². The molecule has 0 aromatic carbocycles. The molecule has 2 N–H and O–H groups in total. The molecule has 0 aliphatic heterocycles. The van der Waals surface area contributed by atoms with Crippen LogP contribution in [0.3, 0.4) is 0 Å². The van der Waals surface area contributed by atoms with E-state index < -0.39 is 0 Å². The number of aliphatic hydroxyl groups excluding tert-OH is 1. The first-order valence-corrected chi connectivity index (χ1v) is 10.8. The third-order valence-corrected chi connectivity index (χ3v) is 9.77. The third kappa shape index (κ3) is 2.35. The number of hydrogen-bond acceptors (Lipinski definition) is 2. The Hall–Kier alpha value is -0.0800. The van der Waals surface area contributed by atoms with Gasteiger partial charge in [0.1, 0.15) is 0 Å². The molecule has 0 spiro atoms. The van der Waals surface area contributed by atoms with Crippen LogP contribution in [-0.2, 0) is 0 Å². The Bertz CT molecular complexity index is 479. The molecular formula is C22H39NO. The molecule has 0 saturated heterocycles. The van der Waals surface area contributed by atoms with Gasteiger partial charge in [0.15, 0.2) is 0 Å². The summed E-state index contributed by atoms with van der Waals surface area (Å²) in [6, 6.07) is 0.660. The Morgan fingerprint density at radius 1 is 0.917 bits per heavy atom. The average molecular weight is 334 g/mol. The quantitative estimate of drug-likeness (QED) is 0.773. The van der Waals surface area contributed by atoms with Gasteiger partial charge in [0.05, 0.1) is 6.10 Å². The number of aliphatic hydroxyl groups is 1. The van der Waals surface area contributed by atoms with Gasteiger partial charge in [-0.2, -0.15) is 0 Å². The maximum atomic E-state index is 10.2. The molecule has 9 atom stereocenters. The van der Waals surface area contributed by atoms with Gasteiger partial charge in [-0.3, -0.25) is 0 Å². The molecule has 2 nitrogen and oxygen atoms in total. The molecule has 4 aliphatic carbocycles. The molecule has 0 radical (unpaired) electrons. The maximum absolute atomic E-state index is 10.2. The predicted octanol–water partition coefficient (Wildman–Crippen LogP) is 4.61. The van der Waals surface area contributed by atoms with Crippen molar-refractivity contribution < 1.29 is 5.11 Å². The lowest BCUT2D eigenvalue weighted by atomic mass is 9.44. The fourth-order valence-corrected chi connectivity index (χ4v) is 8.30. The zero-order valence-electron chi connectivity index (χ0n) is 16.4. The summed E-state index contributed by atoms with van der Waals surface area (Å²) in [4.78, 5) is 0. The summed E-state index contributed by atoms with van der Waals surface area (Å²) in [6.45, 7) is 7.65. The van der Waals surface area contributed by atoms with E-state index >= 15 is 0 Å². The van der Waals surface area contributed by atoms with Crippen LogP contribution in [0.4, 0.5) is 0 Å². The van der Waals surface area contributed by atoms with Crippen LogP contribution in [0.15, 0.2) is 0 Å². The Balaban J connectivity index is 1.59. The van der Waals surface area contributed by atoms with Gasteiger partial charge in [0.2, 0.25) is 0 Å². The van der Waals surface area contributed by atoms with Crippen molar-refractivity contribution in [1.29, 1.82) is 0 Å². The molecule has 24 heavy (non-hydrogen) atoms. The minimum atomic E-state index is -0.0131. The maximum Gasteiger partial charge on any atom is 0.0543 e. The fourth-order valence-electron chi connectivity index (χ4n) is 8.30. The largest absolute Gasteiger partial charge is 0.393 e. The SMILES string of the molecule is CNC(C)[C@H]1CC[C@H]2[C@@H]3CC[C@H]4C[C@@H](O)CC[C@]4(C)[C@H]3CC[C@]12C. The highest BCUT2D eigenvalue weighted by Crippen LogP contribution is 2.67. The lowest BCUT2D eigenvalue weighted by Gasteiger charge is -2.61. The first-order chi connectivity index (χ1) is 11.4. The molecule has 1 unspecified atom stereocenters. The normalized spacial score (nSPS) is 55.4. The van der Waals surface area contributed by atoms with Crippen LogP contribution in [-0.4, -0.2) is 24.3 Å². The van der Waals surface area contributed by atoms with Crippen LogP contribution in [0, 0.1) is 40.4 Å². The van der Waals surface area contributed by atoms with E-state index in [9.17, 15) is 5.11 Å². The molecule has 0 aromatic heterocycles. The molecule has 138 valence electrons. The summed E-state index contributed by atoms with van der Waals surface area (Å²) in [7, 11) is 2.15. The van der Waals surface area contributed by atoms with Gasteiger partial charge in [0, 0.05) is 6.04 Å². The number of fused-ring (bicyclic) bond motifs is 5. The smallest absolute Gasteiger partial charge is 0.0543 e. The lowest BCUT2D eigenvalue weighted by molar-refractivity contribution is -0.127. The molecule has 4 aliphatic rings. The van der Waals surface area contributed by atoms with E-state index in [2.05, 4.69) is 33.1 Å². The standard InChI is InChI=1S/C22H39NO/c1-14(23-4)18-7-8-19-17-6-5-15-13-16(24)9-11-21(15,2)20(17)10-12-22(18,19)3/h14-20,23-24H,5-13H2,1-4H3/t14?,15-,16-,17-,18+,19-,20-,21-,22+/m0/s1. The summed E-state index contributed by atoms with van der Waals surface area (Å²) in [6.07, 6.45) is 12.0. The molecule has 4 fully saturated rings. The van der Waals surface area contributed by atoms with E-state index in [4.69, 9.17) is 0 Å². The minimum Gasteiger partial charge on any atom is -0.393 e. The van der Waals surface area contributed by atoms with Crippen molar-refractivity contribution >= 4 is 0 Å². The van der Waals surface area contributed by atoms with Gasteiger partial charge in [0.25, 0.3) is 0 Å². The summed E-state index contributed by atoms with van der Waals surface area (Å²) in [5.74, 6) is 4.52. The van der Waals surface area contributed by atoms with E-state index in [0.29, 0.717) is 16.9 Å². The van der Waals surface area contributed by atoms with Crippen molar-refractivity contribution in [1.82, 2.24) is 5.32 Å². The monoisotopic (exact) mass is 333 g/mol.